The quantitative estimate of drug-likeness (QED) is 0.660. The summed E-state index contributed by atoms with van der Waals surface area (Å²) in [5.41, 5.74) is 2.74. The molecule has 2 amide bonds. The predicted molar refractivity (Wildman–Crippen MR) is 122 cm³/mol. The summed E-state index contributed by atoms with van der Waals surface area (Å²) in [5, 5.41) is 2.94. The van der Waals surface area contributed by atoms with Crippen molar-refractivity contribution in [2.75, 3.05) is 5.75 Å². The van der Waals surface area contributed by atoms with Crippen LogP contribution in [0.4, 0.5) is 4.39 Å². The van der Waals surface area contributed by atoms with Crippen LogP contribution in [0.5, 0.6) is 0 Å². The summed E-state index contributed by atoms with van der Waals surface area (Å²) in [6.45, 7) is 9.74. The number of rotatable bonds is 8. The van der Waals surface area contributed by atoms with Crippen molar-refractivity contribution in [3.8, 4) is 0 Å². The molecule has 0 aliphatic heterocycles. The minimum Gasteiger partial charge on any atom is -0.350 e. The van der Waals surface area contributed by atoms with Crippen molar-refractivity contribution in [2.24, 2.45) is 0 Å². The Balaban J connectivity index is 2.09. The van der Waals surface area contributed by atoms with Gasteiger partial charge in [0.25, 0.3) is 0 Å². The summed E-state index contributed by atoms with van der Waals surface area (Å²) in [6, 6.07) is 13.6. The fraction of sp³-hybridized carbons (Fsp3) is 0.417. The fourth-order valence-corrected chi connectivity index (χ4v) is 3.84. The van der Waals surface area contributed by atoms with Gasteiger partial charge >= 0.3 is 0 Å². The molecule has 0 aliphatic carbocycles. The Morgan fingerprint density at radius 1 is 1.10 bits per heavy atom. The number of amides is 2. The van der Waals surface area contributed by atoms with Gasteiger partial charge in [0.05, 0.1) is 5.75 Å². The van der Waals surface area contributed by atoms with Crippen molar-refractivity contribution in [1.82, 2.24) is 10.2 Å². The van der Waals surface area contributed by atoms with Crippen molar-refractivity contribution in [3.63, 3.8) is 0 Å². The molecule has 0 aromatic heterocycles. The third-order valence-electron chi connectivity index (χ3n) is 4.51. The molecule has 0 bridgehead atoms. The Morgan fingerprint density at radius 2 is 1.77 bits per heavy atom. The summed E-state index contributed by atoms with van der Waals surface area (Å²) < 4.78 is 13.3. The average Bonchev–Trinajstić information content (AvgIpc) is 2.65. The van der Waals surface area contributed by atoms with E-state index in [-0.39, 0.29) is 29.9 Å². The molecule has 2 rings (SSSR count). The molecule has 0 saturated carbocycles. The van der Waals surface area contributed by atoms with E-state index < -0.39 is 11.6 Å². The van der Waals surface area contributed by atoms with Crippen LogP contribution in [0, 0.1) is 12.7 Å². The van der Waals surface area contributed by atoms with Gasteiger partial charge in [-0.2, -0.15) is 0 Å². The highest BCUT2D eigenvalue weighted by molar-refractivity contribution is 7.99. The standard InChI is InChI=1S/C24H31FN2O2S/c1-17-7-6-8-20(13-17)15-30-16-22(28)27(14-19-9-11-21(25)12-10-19)18(2)23(29)26-24(3,4)5/h6-13,18H,14-16H2,1-5H3,(H,26,29). The number of hydrogen-bond acceptors (Lipinski definition) is 3. The lowest BCUT2D eigenvalue weighted by molar-refractivity contribution is -0.139. The molecule has 2 aromatic rings. The topological polar surface area (TPSA) is 49.4 Å². The van der Waals surface area contributed by atoms with Gasteiger partial charge in [-0.15, -0.1) is 11.8 Å². The molecule has 1 N–H and O–H groups in total. The maximum Gasteiger partial charge on any atom is 0.242 e. The van der Waals surface area contributed by atoms with Crippen molar-refractivity contribution < 1.29 is 14.0 Å². The SMILES string of the molecule is Cc1cccc(CSCC(=O)N(Cc2ccc(F)cc2)C(C)C(=O)NC(C)(C)C)c1. The number of aryl methyl sites for hydroxylation is 1. The van der Waals surface area contributed by atoms with Gasteiger partial charge in [-0.05, 0) is 57.9 Å². The number of thioether (sulfide) groups is 1. The first-order chi connectivity index (χ1) is 14.0. The van der Waals surface area contributed by atoms with Crippen molar-refractivity contribution in [3.05, 3.63) is 71.0 Å². The largest absolute Gasteiger partial charge is 0.350 e. The molecule has 0 heterocycles. The highest BCUT2D eigenvalue weighted by atomic mass is 32.2. The van der Waals surface area contributed by atoms with Crippen LogP contribution >= 0.6 is 11.8 Å². The van der Waals surface area contributed by atoms with Gasteiger partial charge in [0.2, 0.25) is 11.8 Å². The molecule has 0 radical (unpaired) electrons. The zero-order chi connectivity index (χ0) is 22.3. The Hall–Kier alpha value is -2.34. The second-order valence-electron chi connectivity index (χ2n) is 8.55. The summed E-state index contributed by atoms with van der Waals surface area (Å²) in [6.07, 6.45) is 0. The molecule has 0 aliphatic rings. The van der Waals surface area contributed by atoms with Crippen LogP contribution in [0.25, 0.3) is 0 Å². The van der Waals surface area contributed by atoms with Gasteiger partial charge in [-0.3, -0.25) is 9.59 Å². The van der Waals surface area contributed by atoms with Crippen LogP contribution in [0.15, 0.2) is 48.5 Å². The zero-order valence-corrected chi connectivity index (χ0v) is 19.2. The highest BCUT2D eigenvalue weighted by Gasteiger charge is 2.28. The minimum atomic E-state index is -0.638. The summed E-state index contributed by atoms with van der Waals surface area (Å²) in [5.74, 6) is 0.335. The first-order valence-corrected chi connectivity index (χ1v) is 11.2. The van der Waals surface area contributed by atoms with Crippen LogP contribution < -0.4 is 5.32 Å². The van der Waals surface area contributed by atoms with Crippen LogP contribution in [0.3, 0.4) is 0 Å². The molecule has 1 atom stereocenters. The van der Waals surface area contributed by atoms with Crippen LogP contribution in [-0.2, 0) is 21.9 Å². The number of carbonyl (C=O) groups is 2. The second kappa shape index (κ2) is 10.6. The molecule has 0 spiro atoms. The van der Waals surface area contributed by atoms with E-state index in [1.807, 2.05) is 45.9 Å². The predicted octanol–water partition coefficient (Wildman–Crippen LogP) is 4.70. The zero-order valence-electron chi connectivity index (χ0n) is 18.4. The van der Waals surface area contributed by atoms with E-state index in [1.165, 1.54) is 29.5 Å². The number of nitrogens with one attached hydrogen (secondary N) is 1. The first kappa shape index (κ1) is 23.9. The first-order valence-electron chi connectivity index (χ1n) is 10.0. The van der Waals surface area contributed by atoms with E-state index in [1.54, 1.807) is 24.0 Å². The second-order valence-corrected chi connectivity index (χ2v) is 9.53. The third kappa shape index (κ3) is 7.82. The molecular formula is C24H31FN2O2S. The van der Waals surface area contributed by atoms with E-state index in [0.29, 0.717) is 0 Å². The Kier molecular flexibility index (Phi) is 8.47. The number of carbonyl (C=O) groups excluding carboxylic acids is 2. The monoisotopic (exact) mass is 430 g/mol. The van der Waals surface area contributed by atoms with Crippen molar-refractivity contribution >= 4 is 23.6 Å². The molecule has 1 unspecified atom stereocenters. The van der Waals surface area contributed by atoms with Crippen LogP contribution in [-0.4, -0.2) is 34.0 Å². The van der Waals surface area contributed by atoms with Gasteiger partial charge in [0.1, 0.15) is 11.9 Å². The average molecular weight is 431 g/mol. The lowest BCUT2D eigenvalue weighted by Crippen LogP contribution is -2.52. The smallest absolute Gasteiger partial charge is 0.242 e. The van der Waals surface area contributed by atoms with Gasteiger partial charge in [-0.1, -0.05) is 42.0 Å². The Morgan fingerprint density at radius 3 is 2.37 bits per heavy atom. The van der Waals surface area contributed by atoms with Gasteiger partial charge in [-0.25, -0.2) is 4.39 Å². The summed E-state index contributed by atoms with van der Waals surface area (Å²) >= 11 is 1.52. The molecule has 6 heteroatoms. The number of halogens is 1. The van der Waals surface area contributed by atoms with E-state index in [4.69, 9.17) is 0 Å². The number of hydrogen-bond donors (Lipinski definition) is 1. The maximum absolute atomic E-state index is 13.3. The molecule has 30 heavy (non-hydrogen) atoms. The van der Waals surface area contributed by atoms with Gasteiger partial charge in [0.15, 0.2) is 0 Å². The molecule has 2 aromatic carbocycles. The number of nitrogens with zero attached hydrogens (tertiary/aromatic N) is 1. The van der Waals surface area contributed by atoms with E-state index in [2.05, 4.69) is 11.4 Å². The molecule has 0 saturated heterocycles. The Labute approximate surface area is 183 Å². The molecule has 162 valence electrons. The van der Waals surface area contributed by atoms with Crippen LogP contribution in [0.1, 0.15) is 44.4 Å². The van der Waals surface area contributed by atoms with Crippen molar-refractivity contribution in [2.45, 2.75) is 58.5 Å². The molecular weight excluding hydrogens is 399 g/mol. The summed E-state index contributed by atoms with van der Waals surface area (Å²) in [7, 11) is 0. The fourth-order valence-electron chi connectivity index (χ4n) is 2.98. The van der Waals surface area contributed by atoms with Crippen molar-refractivity contribution in [1.29, 1.82) is 0 Å². The lowest BCUT2D eigenvalue weighted by Gasteiger charge is -2.31. The minimum absolute atomic E-state index is 0.117. The Bertz CT molecular complexity index is 862. The molecule has 0 fully saturated rings. The molecule has 4 nitrogen and oxygen atoms in total. The van der Waals surface area contributed by atoms with E-state index in [9.17, 15) is 14.0 Å². The van der Waals surface area contributed by atoms with E-state index >= 15 is 0 Å². The van der Waals surface area contributed by atoms with Gasteiger partial charge in [0, 0.05) is 17.8 Å². The third-order valence-corrected chi connectivity index (χ3v) is 5.50. The summed E-state index contributed by atoms with van der Waals surface area (Å²) in [4.78, 5) is 27.3. The normalized spacial score (nSPS) is 12.3. The van der Waals surface area contributed by atoms with E-state index in [0.717, 1.165) is 16.9 Å². The lowest BCUT2D eigenvalue weighted by atomic mass is 10.1. The van der Waals surface area contributed by atoms with Crippen LogP contribution in [0.2, 0.25) is 0 Å². The van der Waals surface area contributed by atoms with Gasteiger partial charge < -0.3 is 10.2 Å². The highest BCUT2D eigenvalue weighted by Crippen LogP contribution is 2.17. The number of benzene rings is 2. The maximum atomic E-state index is 13.3.